The normalized spacial score (nSPS) is 35.4. The van der Waals surface area contributed by atoms with Gasteiger partial charge in [0.1, 0.15) is 0 Å². The number of likely N-dealkylation sites (N-methyl/N-ethyl adjacent to an activating group) is 1. The van der Waals surface area contributed by atoms with Gasteiger partial charge in [-0.05, 0) is 32.9 Å². The van der Waals surface area contributed by atoms with Gasteiger partial charge in [0.15, 0.2) is 0 Å². The first-order valence-corrected chi connectivity index (χ1v) is 5.94. The molecular weight excluding hydrogens is 192 g/mol. The maximum Gasteiger partial charge on any atom is 0.0897 e. The van der Waals surface area contributed by atoms with Crippen LogP contribution in [-0.2, 0) is 0 Å². The van der Waals surface area contributed by atoms with E-state index >= 15 is 0 Å². The van der Waals surface area contributed by atoms with E-state index in [-0.39, 0.29) is 6.61 Å². The molecule has 0 radical (unpaired) electrons. The number of likely N-dealkylation sites (tertiary alicyclic amines) is 1. The third-order valence-corrected chi connectivity index (χ3v) is 3.91. The van der Waals surface area contributed by atoms with E-state index in [9.17, 15) is 5.11 Å². The quantitative estimate of drug-likeness (QED) is 0.665. The fraction of sp³-hybridized carbons (Fsp3) is 1.00. The summed E-state index contributed by atoms with van der Waals surface area (Å²) in [5.74, 6) is 0. The van der Waals surface area contributed by atoms with Gasteiger partial charge in [0.2, 0.25) is 0 Å². The highest BCUT2D eigenvalue weighted by Crippen LogP contribution is 2.28. The van der Waals surface area contributed by atoms with Gasteiger partial charge in [-0.2, -0.15) is 0 Å². The standard InChI is InChI=1S/C11H22N2O2/c1-12-9-2-3-10(12)6-13(5-4-9)7-11(15)8-14/h9-11,14-15H,2-8H2,1H3. The summed E-state index contributed by atoms with van der Waals surface area (Å²) in [7, 11) is 2.22. The van der Waals surface area contributed by atoms with Gasteiger partial charge in [0.25, 0.3) is 0 Å². The highest BCUT2D eigenvalue weighted by molar-refractivity contribution is 4.91. The first-order valence-electron chi connectivity index (χ1n) is 5.94. The molecule has 2 saturated heterocycles. The summed E-state index contributed by atoms with van der Waals surface area (Å²) in [5, 5.41) is 18.3. The van der Waals surface area contributed by atoms with Gasteiger partial charge in [-0.3, -0.25) is 9.80 Å². The lowest BCUT2D eigenvalue weighted by atomic mass is 10.1. The number of fused-ring (bicyclic) bond motifs is 2. The van der Waals surface area contributed by atoms with E-state index in [1.54, 1.807) is 0 Å². The van der Waals surface area contributed by atoms with Crippen LogP contribution in [0.2, 0.25) is 0 Å². The Morgan fingerprint density at radius 1 is 1.27 bits per heavy atom. The van der Waals surface area contributed by atoms with E-state index in [2.05, 4.69) is 16.8 Å². The van der Waals surface area contributed by atoms with E-state index < -0.39 is 6.10 Å². The fourth-order valence-electron chi connectivity index (χ4n) is 2.90. The lowest BCUT2D eigenvalue weighted by Crippen LogP contribution is -2.40. The zero-order valence-electron chi connectivity index (χ0n) is 9.47. The smallest absolute Gasteiger partial charge is 0.0897 e. The van der Waals surface area contributed by atoms with E-state index in [4.69, 9.17) is 5.11 Å². The van der Waals surface area contributed by atoms with Crippen molar-refractivity contribution in [2.75, 3.05) is 33.3 Å². The van der Waals surface area contributed by atoms with Crippen LogP contribution in [0.3, 0.4) is 0 Å². The van der Waals surface area contributed by atoms with Crippen LogP contribution in [0.15, 0.2) is 0 Å². The number of aliphatic hydroxyl groups is 2. The van der Waals surface area contributed by atoms with Crippen molar-refractivity contribution in [2.45, 2.75) is 37.5 Å². The molecule has 2 bridgehead atoms. The van der Waals surface area contributed by atoms with E-state index in [0.717, 1.165) is 19.1 Å². The van der Waals surface area contributed by atoms with Crippen LogP contribution in [0.4, 0.5) is 0 Å². The van der Waals surface area contributed by atoms with Crippen molar-refractivity contribution in [3.63, 3.8) is 0 Å². The van der Waals surface area contributed by atoms with Gasteiger partial charge >= 0.3 is 0 Å². The average Bonchev–Trinajstić information content (AvgIpc) is 2.46. The Labute approximate surface area is 91.5 Å². The lowest BCUT2D eigenvalue weighted by Gasteiger charge is -2.26. The van der Waals surface area contributed by atoms with Crippen LogP contribution >= 0.6 is 0 Å². The molecule has 4 nitrogen and oxygen atoms in total. The third-order valence-electron chi connectivity index (χ3n) is 3.91. The molecule has 4 heteroatoms. The minimum absolute atomic E-state index is 0.125. The third kappa shape index (κ3) is 2.50. The summed E-state index contributed by atoms with van der Waals surface area (Å²) >= 11 is 0. The number of hydrogen-bond donors (Lipinski definition) is 2. The molecule has 2 N–H and O–H groups in total. The zero-order chi connectivity index (χ0) is 10.8. The van der Waals surface area contributed by atoms with Gasteiger partial charge in [0, 0.05) is 25.2 Å². The molecular formula is C11H22N2O2. The van der Waals surface area contributed by atoms with Crippen molar-refractivity contribution < 1.29 is 10.2 Å². The minimum atomic E-state index is -0.577. The van der Waals surface area contributed by atoms with Crippen LogP contribution < -0.4 is 0 Å². The van der Waals surface area contributed by atoms with Crippen molar-refractivity contribution in [1.82, 2.24) is 9.80 Å². The second-order valence-corrected chi connectivity index (χ2v) is 4.94. The van der Waals surface area contributed by atoms with Gasteiger partial charge < -0.3 is 10.2 Å². The van der Waals surface area contributed by atoms with Crippen molar-refractivity contribution in [3.8, 4) is 0 Å². The number of nitrogens with zero attached hydrogens (tertiary/aromatic N) is 2. The molecule has 2 rings (SSSR count). The minimum Gasteiger partial charge on any atom is -0.394 e. The van der Waals surface area contributed by atoms with Crippen LogP contribution in [-0.4, -0.2) is 71.5 Å². The van der Waals surface area contributed by atoms with Gasteiger partial charge in [-0.1, -0.05) is 0 Å². The topological polar surface area (TPSA) is 46.9 Å². The van der Waals surface area contributed by atoms with Crippen molar-refractivity contribution in [1.29, 1.82) is 0 Å². The molecule has 0 aliphatic carbocycles. The molecule has 0 saturated carbocycles. The van der Waals surface area contributed by atoms with Crippen molar-refractivity contribution in [2.24, 2.45) is 0 Å². The summed E-state index contributed by atoms with van der Waals surface area (Å²) in [6.07, 6.45) is 3.24. The van der Waals surface area contributed by atoms with Gasteiger partial charge in [-0.15, -0.1) is 0 Å². The zero-order valence-corrected chi connectivity index (χ0v) is 9.47. The first-order chi connectivity index (χ1) is 7.20. The molecule has 88 valence electrons. The second kappa shape index (κ2) is 4.78. The predicted molar refractivity (Wildman–Crippen MR) is 58.7 cm³/mol. The molecule has 0 amide bonds. The number of aliphatic hydroxyl groups excluding tert-OH is 2. The van der Waals surface area contributed by atoms with Gasteiger partial charge in [-0.25, -0.2) is 0 Å². The molecule has 0 aromatic heterocycles. The maximum atomic E-state index is 9.43. The van der Waals surface area contributed by atoms with E-state index in [1.807, 2.05) is 0 Å². The molecule has 0 aromatic rings. The molecule has 2 fully saturated rings. The lowest BCUT2D eigenvalue weighted by molar-refractivity contribution is 0.0564. The molecule has 0 aromatic carbocycles. The molecule has 15 heavy (non-hydrogen) atoms. The van der Waals surface area contributed by atoms with E-state index in [1.165, 1.54) is 19.3 Å². The van der Waals surface area contributed by atoms with Crippen LogP contribution in [0.5, 0.6) is 0 Å². The Balaban J connectivity index is 1.89. The maximum absolute atomic E-state index is 9.43. The molecule has 0 spiro atoms. The Kier molecular flexibility index (Phi) is 3.61. The molecule has 3 unspecified atom stereocenters. The SMILES string of the molecule is CN1C2CCC1CN(CC(O)CO)CC2. The van der Waals surface area contributed by atoms with Crippen LogP contribution in [0.1, 0.15) is 19.3 Å². The monoisotopic (exact) mass is 214 g/mol. The number of rotatable bonds is 3. The van der Waals surface area contributed by atoms with Crippen molar-refractivity contribution in [3.05, 3.63) is 0 Å². The summed E-state index contributed by atoms with van der Waals surface area (Å²) in [6.45, 7) is 2.60. The first kappa shape index (κ1) is 11.3. The highest BCUT2D eigenvalue weighted by Gasteiger charge is 2.34. The predicted octanol–water partition coefficient (Wildman–Crippen LogP) is -0.492. The van der Waals surface area contributed by atoms with Gasteiger partial charge in [0.05, 0.1) is 12.7 Å². The summed E-state index contributed by atoms with van der Waals surface area (Å²) in [4.78, 5) is 4.78. The van der Waals surface area contributed by atoms with Crippen LogP contribution in [0, 0.1) is 0 Å². The second-order valence-electron chi connectivity index (χ2n) is 4.94. The Morgan fingerprint density at radius 2 is 2.00 bits per heavy atom. The summed E-state index contributed by atoms with van der Waals surface area (Å²) < 4.78 is 0. The molecule has 2 heterocycles. The average molecular weight is 214 g/mol. The largest absolute Gasteiger partial charge is 0.394 e. The van der Waals surface area contributed by atoms with Crippen LogP contribution in [0.25, 0.3) is 0 Å². The number of hydrogen-bond acceptors (Lipinski definition) is 4. The summed E-state index contributed by atoms with van der Waals surface area (Å²) in [5.41, 5.74) is 0. The molecule has 3 atom stereocenters. The number of β-amino-alcohol motifs (C(OH)–C–C–N with tert-alkyl or cyclic N) is 1. The summed E-state index contributed by atoms with van der Waals surface area (Å²) in [6, 6.07) is 1.40. The van der Waals surface area contributed by atoms with Crippen molar-refractivity contribution >= 4 is 0 Å². The Bertz CT molecular complexity index is 213. The van der Waals surface area contributed by atoms with E-state index in [0.29, 0.717) is 12.6 Å². The Morgan fingerprint density at radius 3 is 2.73 bits per heavy atom. The molecule has 2 aliphatic heterocycles. The Hall–Kier alpha value is -0.160. The highest BCUT2D eigenvalue weighted by atomic mass is 16.3. The fourth-order valence-corrected chi connectivity index (χ4v) is 2.90. The molecule has 2 aliphatic rings.